The van der Waals surface area contributed by atoms with Gasteiger partial charge in [-0.15, -0.1) is 0 Å². The van der Waals surface area contributed by atoms with Crippen molar-refractivity contribution in [1.82, 2.24) is 14.9 Å². The van der Waals surface area contributed by atoms with E-state index >= 15 is 0 Å². The zero-order valence-corrected chi connectivity index (χ0v) is 12.2. The molecule has 1 atom stereocenters. The number of nitrogens with one attached hydrogen (secondary N) is 2. The molecular formula is C14H25N5. The van der Waals surface area contributed by atoms with Crippen molar-refractivity contribution >= 4 is 11.6 Å². The SMILES string of the molecule is CNc1cc(NC(C)CN2CCCCC2)nc(C)n1. The average Bonchev–Trinajstić information content (AvgIpc) is 2.38. The Morgan fingerprint density at radius 3 is 2.58 bits per heavy atom. The first-order valence-electron chi connectivity index (χ1n) is 7.19. The number of aromatic nitrogens is 2. The van der Waals surface area contributed by atoms with Crippen LogP contribution in [0.4, 0.5) is 11.6 Å². The van der Waals surface area contributed by atoms with Gasteiger partial charge in [0.1, 0.15) is 17.5 Å². The van der Waals surface area contributed by atoms with Crippen LogP contribution in [0, 0.1) is 6.92 Å². The first kappa shape index (κ1) is 14.1. The van der Waals surface area contributed by atoms with Gasteiger partial charge >= 0.3 is 0 Å². The zero-order valence-electron chi connectivity index (χ0n) is 12.2. The van der Waals surface area contributed by atoms with Crippen LogP contribution in [0.2, 0.25) is 0 Å². The van der Waals surface area contributed by atoms with Crippen LogP contribution in [-0.2, 0) is 0 Å². The molecule has 1 saturated heterocycles. The van der Waals surface area contributed by atoms with Gasteiger partial charge in [0, 0.05) is 25.7 Å². The molecule has 0 aromatic carbocycles. The lowest BCUT2D eigenvalue weighted by Gasteiger charge is -2.29. The Balaban J connectivity index is 1.90. The van der Waals surface area contributed by atoms with Crippen molar-refractivity contribution in [1.29, 1.82) is 0 Å². The molecule has 5 nitrogen and oxygen atoms in total. The molecule has 1 aliphatic heterocycles. The Hall–Kier alpha value is -1.36. The van der Waals surface area contributed by atoms with E-state index in [1.807, 2.05) is 20.0 Å². The number of piperidine rings is 1. The molecule has 19 heavy (non-hydrogen) atoms. The molecule has 2 N–H and O–H groups in total. The first-order valence-corrected chi connectivity index (χ1v) is 7.19. The number of nitrogens with zero attached hydrogens (tertiary/aromatic N) is 3. The molecule has 2 heterocycles. The van der Waals surface area contributed by atoms with E-state index in [-0.39, 0.29) is 0 Å². The summed E-state index contributed by atoms with van der Waals surface area (Å²) in [5.41, 5.74) is 0. The Morgan fingerprint density at radius 2 is 1.89 bits per heavy atom. The van der Waals surface area contributed by atoms with Crippen molar-refractivity contribution in [2.75, 3.05) is 37.3 Å². The van der Waals surface area contributed by atoms with Gasteiger partial charge < -0.3 is 15.5 Å². The van der Waals surface area contributed by atoms with E-state index in [2.05, 4.69) is 32.4 Å². The molecule has 1 aromatic heterocycles. The third kappa shape index (κ3) is 4.35. The van der Waals surface area contributed by atoms with Crippen LogP contribution >= 0.6 is 0 Å². The summed E-state index contributed by atoms with van der Waals surface area (Å²) in [5, 5.41) is 6.53. The largest absolute Gasteiger partial charge is 0.373 e. The van der Waals surface area contributed by atoms with Crippen molar-refractivity contribution in [3.63, 3.8) is 0 Å². The maximum Gasteiger partial charge on any atom is 0.132 e. The highest BCUT2D eigenvalue weighted by atomic mass is 15.2. The Kier molecular flexibility index (Phi) is 4.96. The summed E-state index contributed by atoms with van der Waals surface area (Å²) < 4.78 is 0. The molecule has 0 saturated carbocycles. The third-order valence-electron chi connectivity index (χ3n) is 3.47. The van der Waals surface area contributed by atoms with Crippen molar-refractivity contribution in [2.24, 2.45) is 0 Å². The highest BCUT2D eigenvalue weighted by molar-refractivity contribution is 5.47. The van der Waals surface area contributed by atoms with E-state index in [0.29, 0.717) is 6.04 Å². The lowest BCUT2D eigenvalue weighted by molar-refractivity contribution is 0.223. The van der Waals surface area contributed by atoms with E-state index in [0.717, 1.165) is 24.0 Å². The van der Waals surface area contributed by atoms with E-state index in [4.69, 9.17) is 0 Å². The third-order valence-corrected chi connectivity index (χ3v) is 3.47. The van der Waals surface area contributed by atoms with Gasteiger partial charge in [-0.2, -0.15) is 0 Å². The van der Waals surface area contributed by atoms with Gasteiger partial charge in [-0.1, -0.05) is 6.42 Å². The van der Waals surface area contributed by atoms with E-state index in [1.165, 1.54) is 32.4 Å². The summed E-state index contributed by atoms with van der Waals surface area (Å²) in [6.45, 7) is 7.68. The predicted molar refractivity (Wildman–Crippen MR) is 79.7 cm³/mol. The Labute approximate surface area is 115 Å². The zero-order chi connectivity index (χ0) is 13.7. The van der Waals surface area contributed by atoms with Crippen LogP contribution in [0.1, 0.15) is 32.0 Å². The van der Waals surface area contributed by atoms with Crippen molar-refractivity contribution < 1.29 is 0 Å². The van der Waals surface area contributed by atoms with Gasteiger partial charge in [0.05, 0.1) is 0 Å². The summed E-state index contributed by atoms with van der Waals surface area (Å²) in [7, 11) is 1.88. The fraction of sp³-hybridized carbons (Fsp3) is 0.714. The number of hydrogen-bond donors (Lipinski definition) is 2. The molecule has 0 aliphatic carbocycles. The average molecular weight is 263 g/mol. The van der Waals surface area contributed by atoms with Crippen LogP contribution in [0.3, 0.4) is 0 Å². The van der Waals surface area contributed by atoms with E-state index in [9.17, 15) is 0 Å². The predicted octanol–water partition coefficient (Wildman–Crippen LogP) is 2.11. The van der Waals surface area contributed by atoms with Crippen LogP contribution in [0.5, 0.6) is 0 Å². The quantitative estimate of drug-likeness (QED) is 0.852. The number of hydrogen-bond acceptors (Lipinski definition) is 5. The molecule has 1 aromatic rings. The monoisotopic (exact) mass is 263 g/mol. The molecule has 106 valence electrons. The highest BCUT2D eigenvalue weighted by Gasteiger charge is 2.13. The molecule has 1 unspecified atom stereocenters. The van der Waals surface area contributed by atoms with Crippen molar-refractivity contribution in [3.05, 3.63) is 11.9 Å². The highest BCUT2D eigenvalue weighted by Crippen LogP contribution is 2.13. The summed E-state index contributed by atoms with van der Waals surface area (Å²) in [6.07, 6.45) is 4.06. The van der Waals surface area contributed by atoms with Gasteiger partial charge in [0.25, 0.3) is 0 Å². The number of rotatable bonds is 5. The molecular weight excluding hydrogens is 238 g/mol. The molecule has 0 bridgehead atoms. The minimum atomic E-state index is 0.400. The van der Waals surface area contributed by atoms with Crippen LogP contribution in [0.15, 0.2) is 6.07 Å². The normalized spacial score (nSPS) is 18.1. The Morgan fingerprint density at radius 1 is 1.21 bits per heavy atom. The topological polar surface area (TPSA) is 53.1 Å². The molecule has 5 heteroatoms. The Bertz CT molecular complexity index is 401. The first-order chi connectivity index (χ1) is 9.17. The number of anilines is 2. The van der Waals surface area contributed by atoms with Gasteiger partial charge in [-0.25, -0.2) is 9.97 Å². The lowest BCUT2D eigenvalue weighted by atomic mass is 10.1. The van der Waals surface area contributed by atoms with Gasteiger partial charge in [-0.3, -0.25) is 0 Å². The molecule has 1 fully saturated rings. The molecule has 0 amide bonds. The van der Waals surface area contributed by atoms with Gasteiger partial charge in [-0.05, 0) is 39.8 Å². The summed E-state index contributed by atoms with van der Waals surface area (Å²) in [4.78, 5) is 11.3. The number of likely N-dealkylation sites (tertiary alicyclic amines) is 1. The summed E-state index contributed by atoms with van der Waals surface area (Å²) >= 11 is 0. The maximum atomic E-state index is 4.43. The van der Waals surface area contributed by atoms with Crippen LogP contribution in [0.25, 0.3) is 0 Å². The second-order valence-electron chi connectivity index (χ2n) is 5.34. The maximum absolute atomic E-state index is 4.43. The van der Waals surface area contributed by atoms with Gasteiger partial charge in [0.15, 0.2) is 0 Å². The molecule has 2 rings (SSSR count). The fourth-order valence-electron chi connectivity index (χ4n) is 2.60. The second-order valence-corrected chi connectivity index (χ2v) is 5.34. The smallest absolute Gasteiger partial charge is 0.132 e. The lowest BCUT2D eigenvalue weighted by Crippen LogP contribution is -2.38. The van der Waals surface area contributed by atoms with Crippen molar-refractivity contribution in [3.8, 4) is 0 Å². The van der Waals surface area contributed by atoms with Crippen molar-refractivity contribution in [2.45, 2.75) is 39.2 Å². The number of aryl methyl sites for hydroxylation is 1. The fourth-order valence-corrected chi connectivity index (χ4v) is 2.60. The van der Waals surface area contributed by atoms with E-state index < -0.39 is 0 Å². The van der Waals surface area contributed by atoms with Crippen LogP contribution in [-0.4, -0.2) is 47.6 Å². The summed E-state index contributed by atoms with van der Waals surface area (Å²) in [6, 6.07) is 2.36. The second kappa shape index (κ2) is 6.70. The molecule has 0 radical (unpaired) electrons. The summed E-state index contributed by atoms with van der Waals surface area (Å²) in [5.74, 6) is 2.56. The van der Waals surface area contributed by atoms with Gasteiger partial charge in [0.2, 0.25) is 0 Å². The van der Waals surface area contributed by atoms with E-state index in [1.54, 1.807) is 0 Å². The molecule has 0 spiro atoms. The minimum absolute atomic E-state index is 0.400. The van der Waals surface area contributed by atoms with Crippen LogP contribution < -0.4 is 10.6 Å². The molecule has 1 aliphatic rings. The standard InChI is InChI=1S/C14H25N5/c1-11(10-19-7-5-4-6-8-19)16-14-9-13(15-3)17-12(2)18-14/h9,11H,4-8,10H2,1-3H3,(H2,15,16,17,18). The minimum Gasteiger partial charge on any atom is -0.373 e.